The minimum Gasteiger partial charge on any atom is -0.484 e. The Morgan fingerprint density at radius 1 is 1.00 bits per heavy atom. The molecule has 0 aliphatic heterocycles. The van der Waals surface area contributed by atoms with Gasteiger partial charge in [-0.25, -0.2) is 22.5 Å². The summed E-state index contributed by atoms with van der Waals surface area (Å²) < 4.78 is 119. The lowest BCUT2D eigenvalue weighted by molar-refractivity contribution is -0.141. The highest BCUT2D eigenvalue weighted by atomic mass is 32.2. The van der Waals surface area contributed by atoms with Crippen LogP contribution in [-0.2, 0) is 27.7 Å². The predicted octanol–water partition coefficient (Wildman–Crippen LogP) is 8.26. The summed E-state index contributed by atoms with van der Waals surface area (Å²) >= 11 is 0. The van der Waals surface area contributed by atoms with Gasteiger partial charge in [-0.15, -0.1) is 0 Å². The maximum Gasteiger partial charge on any atom is 0.433 e. The molecule has 0 bridgehead atoms. The number of sulfonamides is 1. The summed E-state index contributed by atoms with van der Waals surface area (Å²) in [5, 5.41) is 7.38. The molecule has 0 fully saturated rings. The molecule has 4 aromatic rings. The molecular weight excluding hydrogens is 669 g/mol. The van der Waals surface area contributed by atoms with Crippen molar-refractivity contribution in [1.29, 1.82) is 0 Å². The van der Waals surface area contributed by atoms with Gasteiger partial charge in [-0.3, -0.25) is 4.72 Å². The Bertz CT molecular complexity index is 1780. The number of benzene rings is 2. The van der Waals surface area contributed by atoms with E-state index in [1.165, 1.54) is 65.3 Å². The lowest BCUT2D eigenvalue weighted by Crippen LogP contribution is -2.22. The quantitative estimate of drug-likeness (QED) is 0.0775. The number of nitrogens with zero attached hydrogens (tertiary/aromatic N) is 3. The normalized spacial score (nSPS) is 13.1. The maximum atomic E-state index is 13.5. The molecule has 9 nitrogen and oxygen atoms in total. The van der Waals surface area contributed by atoms with E-state index in [2.05, 4.69) is 35.0 Å². The third-order valence-electron chi connectivity index (χ3n) is 6.69. The van der Waals surface area contributed by atoms with Crippen LogP contribution in [0.5, 0.6) is 5.75 Å². The number of pyridine rings is 1. The summed E-state index contributed by atoms with van der Waals surface area (Å²) in [5.74, 6) is -4.23. The number of rotatable bonds is 14. The van der Waals surface area contributed by atoms with E-state index in [0.717, 1.165) is 12.1 Å². The first-order valence-electron chi connectivity index (χ1n) is 14.2. The molecule has 0 radical (unpaired) electrons. The molecule has 2 N–H and O–H groups in total. The summed E-state index contributed by atoms with van der Waals surface area (Å²) in [6, 6.07) is 15.1. The molecule has 4 rings (SSSR count). The van der Waals surface area contributed by atoms with Gasteiger partial charge < -0.3 is 14.8 Å². The minimum absolute atomic E-state index is 0.0665. The van der Waals surface area contributed by atoms with Gasteiger partial charge in [-0.1, -0.05) is 43.9 Å². The van der Waals surface area contributed by atoms with E-state index in [0.29, 0.717) is 17.7 Å². The van der Waals surface area contributed by atoms with Crippen molar-refractivity contribution in [2.75, 3.05) is 16.6 Å². The molecule has 0 spiro atoms. The van der Waals surface area contributed by atoms with E-state index in [1.54, 1.807) is 6.92 Å². The largest absolute Gasteiger partial charge is 0.484 e. The van der Waals surface area contributed by atoms with E-state index in [1.807, 2.05) is 4.72 Å². The standard InChI is InChI=1S/C30H33F6N5O4SSi/c1-19(20-8-11-22(31)12-9-20)45-25-16-21(10-13-23(25)40-46(42,43)29(32)33)24-17-28(41(39-24)18-44-14-15-47(2,3)4)38-27-7-5-6-26(37-27)30(34,35)36/h5-13,16-17,19,29,40H,14-15,18H2,1-4H3,(H,37,38)/t19-/m0/s1. The number of halogens is 6. The van der Waals surface area contributed by atoms with Crippen molar-refractivity contribution in [3.8, 4) is 17.0 Å². The average molecular weight is 702 g/mol. The third-order valence-corrected chi connectivity index (χ3v) is 9.37. The van der Waals surface area contributed by atoms with Crippen LogP contribution in [0.2, 0.25) is 25.7 Å². The molecule has 47 heavy (non-hydrogen) atoms. The molecule has 254 valence electrons. The minimum atomic E-state index is -5.08. The van der Waals surface area contributed by atoms with E-state index in [-0.39, 0.29) is 35.5 Å². The second-order valence-corrected chi connectivity index (χ2v) is 19.0. The van der Waals surface area contributed by atoms with Crippen LogP contribution in [0.4, 0.5) is 43.7 Å². The van der Waals surface area contributed by atoms with E-state index >= 15 is 0 Å². The van der Waals surface area contributed by atoms with Gasteiger partial charge in [0.2, 0.25) is 0 Å². The number of ether oxygens (including phenoxy) is 2. The number of aromatic nitrogens is 3. The first-order chi connectivity index (χ1) is 21.9. The van der Waals surface area contributed by atoms with E-state index in [4.69, 9.17) is 9.47 Å². The summed E-state index contributed by atoms with van der Waals surface area (Å²) in [7, 11) is -6.51. The van der Waals surface area contributed by atoms with Crippen molar-refractivity contribution in [1.82, 2.24) is 14.8 Å². The number of hydrogen-bond donors (Lipinski definition) is 2. The molecule has 0 amide bonds. The smallest absolute Gasteiger partial charge is 0.433 e. The Morgan fingerprint density at radius 3 is 2.34 bits per heavy atom. The molecule has 2 aromatic carbocycles. The lowest BCUT2D eigenvalue weighted by Gasteiger charge is -2.19. The second-order valence-electron chi connectivity index (χ2n) is 11.7. The molecule has 0 saturated carbocycles. The molecule has 1 atom stereocenters. The van der Waals surface area contributed by atoms with Crippen molar-refractivity contribution in [3.63, 3.8) is 0 Å². The lowest BCUT2D eigenvalue weighted by atomic mass is 10.1. The second kappa shape index (κ2) is 14.3. The Balaban J connectivity index is 1.72. The van der Waals surface area contributed by atoms with Gasteiger partial charge in [0.25, 0.3) is 10.0 Å². The molecule has 0 saturated heterocycles. The van der Waals surface area contributed by atoms with Crippen LogP contribution in [0.1, 0.15) is 24.3 Å². The molecule has 2 heterocycles. The van der Waals surface area contributed by atoms with Crippen LogP contribution in [-0.4, -0.2) is 43.6 Å². The molecule has 17 heteroatoms. The Hall–Kier alpha value is -4.09. The first kappa shape index (κ1) is 35.8. The SMILES string of the molecule is C[C@H](Oc1cc(-c2cc(Nc3cccc(C(F)(F)F)n3)n(COCC[Si](C)(C)C)n2)ccc1NS(=O)(=O)C(F)F)c1ccc(F)cc1. The van der Waals surface area contributed by atoms with Crippen LogP contribution >= 0.6 is 0 Å². The van der Waals surface area contributed by atoms with Crippen molar-refractivity contribution < 1.29 is 44.2 Å². The van der Waals surface area contributed by atoms with Crippen LogP contribution in [0.25, 0.3) is 11.3 Å². The molecule has 0 unspecified atom stereocenters. The van der Waals surface area contributed by atoms with Crippen molar-refractivity contribution in [3.05, 3.63) is 83.8 Å². The summed E-state index contributed by atoms with van der Waals surface area (Å²) in [6.45, 7) is 8.48. The van der Waals surface area contributed by atoms with Crippen LogP contribution in [0.15, 0.2) is 66.7 Å². The van der Waals surface area contributed by atoms with Crippen molar-refractivity contribution >= 4 is 35.4 Å². The highest BCUT2D eigenvalue weighted by molar-refractivity contribution is 7.93. The number of hydrogen-bond acceptors (Lipinski definition) is 7. The zero-order chi connectivity index (χ0) is 34.6. The van der Waals surface area contributed by atoms with Crippen LogP contribution < -0.4 is 14.8 Å². The Kier molecular flexibility index (Phi) is 10.9. The van der Waals surface area contributed by atoms with Crippen LogP contribution in [0.3, 0.4) is 0 Å². The highest BCUT2D eigenvalue weighted by Crippen LogP contribution is 2.36. The van der Waals surface area contributed by atoms with Gasteiger partial charge >= 0.3 is 11.9 Å². The average Bonchev–Trinajstić information content (AvgIpc) is 3.37. The van der Waals surface area contributed by atoms with Gasteiger partial charge in [0, 0.05) is 26.3 Å². The van der Waals surface area contributed by atoms with Gasteiger partial charge in [0.1, 0.15) is 41.7 Å². The predicted molar refractivity (Wildman–Crippen MR) is 168 cm³/mol. The summed E-state index contributed by atoms with van der Waals surface area (Å²) in [6.07, 6.45) is -5.44. The van der Waals surface area contributed by atoms with Crippen molar-refractivity contribution in [2.45, 2.75) is 57.4 Å². The first-order valence-corrected chi connectivity index (χ1v) is 19.5. The molecule has 2 aromatic heterocycles. The fraction of sp³-hybridized carbons (Fsp3) is 0.333. The van der Waals surface area contributed by atoms with Gasteiger partial charge in [-0.2, -0.15) is 27.1 Å². The van der Waals surface area contributed by atoms with Crippen molar-refractivity contribution in [2.24, 2.45) is 0 Å². The zero-order valence-corrected chi connectivity index (χ0v) is 27.6. The Morgan fingerprint density at radius 2 is 1.70 bits per heavy atom. The highest BCUT2D eigenvalue weighted by Gasteiger charge is 2.32. The monoisotopic (exact) mass is 701 g/mol. The summed E-state index contributed by atoms with van der Waals surface area (Å²) in [4.78, 5) is 3.65. The van der Waals surface area contributed by atoms with Gasteiger partial charge in [0.15, 0.2) is 0 Å². The van der Waals surface area contributed by atoms with Crippen LogP contribution in [0, 0.1) is 5.82 Å². The topological polar surface area (TPSA) is 107 Å². The fourth-order valence-corrected chi connectivity index (χ4v) is 5.45. The number of nitrogens with one attached hydrogen (secondary N) is 2. The number of anilines is 3. The maximum absolute atomic E-state index is 13.5. The van der Waals surface area contributed by atoms with E-state index < -0.39 is 47.6 Å². The molecular formula is C30H33F6N5O4SSi. The van der Waals surface area contributed by atoms with E-state index in [9.17, 15) is 34.8 Å². The Labute approximate surface area is 269 Å². The van der Waals surface area contributed by atoms with Gasteiger partial charge in [-0.05, 0) is 54.9 Å². The third kappa shape index (κ3) is 9.95. The van der Waals surface area contributed by atoms with Gasteiger partial charge in [0.05, 0.1) is 11.4 Å². The zero-order valence-electron chi connectivity index (χ0n) is 25.8. The number of alkyl halides is 5. The fourth-order valence-electron chi connectivity index (χ4n) is 4.13. The summed E-state index contributed by atoms with van der Waals surface area (Å²) in [5.41, 5.74) is -0.273. The molecule has 0 aliphatic rings. The molecule has 0 aliphatic carbocycles.